The quantitative estimate of drug-likeness (QED) is 0.699. The summed E-state index contributed by atoms with van der Waals surface area (Å²) in [7, 11) is 0. The summed E-state index contributed by atoms with van der Waals surface area (Å²) in [5.41, 5.74) is 2.39. The van der Waals surface area contributed by atoms with E-state index >= 15 is 0 Å². The minimum Gasteiger partial charge on any atom is -0.508 e. The van der Waals surface area contributed by atoms with Crippen LogP contribution in [0.3, 0.4) is 0 Å². The van der Waals surface area contributed by atoms with Crippen LogP contribution in [0.2, 0.25) is 5.02 Å². The molecule has 3 nitrogen and oxygen atoms in total. The molecule has 0 bridgehead atoms. The normalized spacial score (nSPS) is 11.0. The topological polar surface area (TPSA) is 48.9 Å². The van der Waals surface area contributed by atoms with Crippen molar-refractivity contribution < 1.29 is 5.11 Å². The second-order valence-corrected chi connectivity index (χ2v) is 5.12. The Bertz CT molecular complexity index is 739. The van der Waals surface area contributed by atoms with E-state index in [2.05, 4.69) is 25.9 Å². The van der Waals surface area contributed by atoms with Gasteiger partial charge in [-0.05, 0) is 40.2 Å². The van der Waals surface area contributed by atoms with Gasteiger partial charge < -0.3 is 10.1 Å². The first-order valence-corrected chi connectivity index (χ1v) is 6.45. The Balaban J connectivity index is 2.22. The van der Waals surface area contributed by atoms with Crippen LogP contribution < -0.4 is 0 Å². The van der Waals surface area contributed by atoms with Crippen molar-refractivity contribution in [3.63, 3.8) is 0 Å². The molecule has 3 aromatic rings. The number of nitrogens with zero attached hydrogens (tertiary/aromatic N) is 1. The van der Waals surface area contributed by atoms with Crippen molar-refractivity contribution in [2.45, 2.75) is 0 Å². The summed E-state index contributed by atoms with van der Waals surface area (Å²) in [6, 6.07) is 10.7. The molecule has 0 fully saturated rings. The van der Waals surface area contributed by atoms with Crippen molar-refractivity contribution in [3.05, 3.63) is 45.9 Å². The molecule has 2 aromatic carbocycles. The highest BCUT2D eigenvalue weighted by Crippen LogP contribution is 2.33. The first kappa shape index (κ1) is 11.6. The molecule has 0 radical (unpaired) electrons. The van der Waals surface area contributed by atoms with Gasteiger partial charge in [0.05, 0.1) is 16.1 Å². The SMILES string of the molecule is Oc1ccc2nc(-c3cccc(Br)c3Cl)[nH]c2c1. The number of aromatic hydroxyl groups is 1. The van der Waals surface area contributed by atoms with Crippen molar-refractivity contribution in [3.8, 4) is 17.1 Å². The zero-order valence-corrected chi connectivity index (χ0v) is 11.5. The molecule has 0 aliphatic carbocycles. The standard InChI is InChI=1S/C13H8BrClN2O/c14-9-3-1-2-8(12(9)15)13-16-10-5-4-7(18)6-11(10)17-13/h1-6,18H,(H,16,17). The molecule has 0 spiro atoms. The van der Waals surface area contributed by atoms with Gasteiger partial charge in [0.25, 0.3) is 0 Å². The van der Waals surface area contributed by atoms with E-state index < -0.39 is 0 Å². The highest BCUT2D eigenvalue weighted by molar-refractivity contribution is 9.10. The predicted octanol–water partition coefficient (Wildman–Crippen LogP) is 4.35. The van der Waals surface area contributed by atoms with E-state index in [9.17, 15) is 5.11 Å². The first-order valence-electron chi connectivity index (χ1n) is 5.28. The fourth-order valence-corrected chi connectivity index (χ4v) is 2.39. The van der Waals surface area contributed by atoms with Crippen LogP contribution in [0.4, 0.5) is 0 Å². The summed E-state index contributed by atoms with van der Waals surface area (Å²) in [6.07, 6.45) is 0. The Hall–Kier alpha value is -1.52. The number of phenols is 1. The molecule has 0 aliphatic heterocycles. The number of rotatable bonds is 1. The molecule has 18 heavy (non-hydrogen) atoms. The van der Waals surface area contributed by atoms with Crippen LogP contribution in [0.25, 0.3) is 22.4 Å². The zero-order chi connectivity index (χ0) is 12.7. The number of fused-ring (bicyclic) bond motifs is 1. The number of imidazole rings is 1. The number of aromatic amines is 1. The van der Waals surface area contributed by atoms with Gasteiger partial charge in [0.1, 0.15) is 11.6 Å². The van der Waals surface area contributed by atoms with Crippen molar-refractivity contribution >= 4 is 38.6 Å². The fourth-order valence-electron chi connectivity index (χ4n) is 1.81. The Morgan fingerprint density at radius 2 is 2.06 bits per heavy atom. The second-order valence-electron chi connectivity index (χ2n) is 3.89. The van der Waals surface area contributed by atoms with E-state index in [0.29, 0.717) is 10.8 Å². The second kappa shape index (κ2) is 4.30. The maximum atomic E-state index is 9.43. The number of nitrogens with one attached hydrogen (secondary N) is 1. The third-order valence-corrected chi connectivity index (χ3v) is 3.97. The van der Waals surface area contributed by atoms with Gasteiger partial charge in [0.15, 0.2) is 0 Å². The summed E-state index contributed by atoms with van der Waals surface area (Å²) in [5.74, 6) is 0.889. The average Bonchev–Trinajstić information content (AvgIpc) is 2.75. The Labute approximate surface area is 117 Å². The van der Waals surface area contributed by atoms with Gasteiger partial charge in [0.2, 0.25) is 0 Å². The lowest BCUT2D eigenvalue weighted by molar-refractivity contribution is 0.476. The third-order valence-electron chi connectivity index (χ3n) is 2.67. The largest absolute Gasteiger partial charge is 0.508 e. The lowest BCUT2D eigenvalue weighted by atomic mass is 10.2. The van der Waals surface area contributed by atoms with Gasteiger partial charge in [0, 0.05) is 16.1 Å². The number of H-pyrrole nitrogens is 1. The smallest absolute Gasteiger partial charge is 0.140 e. The van der Waals surface area contributed by atoms with Crippen molar-refractivity contribution in [1.82, 2.24) is 9.97 Å². The van der Waals surface area contributed by atoms with E-state index in [1.807, 2.05) is 18.2 Å². The molecular formula is C13H8BrClN2O. The molecule has 90 valence electrons. The van der Waals surface area contributed by atoms with Crippen LogP contribution >= 0.6 is 27.5 Å². The van der Waals surface area contributed by atoms with E-state index in [1.165, 1.54) is 0 Å². The molecule has 0 aliphatic rings. The highest BCUT2D eigenvalue weighted by atomic mass is 79.9. The predicted molar refractivity (Wildman–Crippen MR) is 75.9 cm³/mol. The van der Waals surface area contributed by atoms with Crippen molar-refractivity contribution in [2.75, 3.05) is 0 Å². The monoisotopic (exact) mass is 322 g/mol. The number of hydrogen-bond acceptors (Lipinski definition) is 2. The molecule has 3 rings (SSSR count). The Kier molecular flexibility index (Phi) is 2.76. The van der Waals surface area contributed by atoms with Gasteiger partial charge >= 0.3 is 0 Å². The van der Waals surface area contributed by atoms with Gasteiger partial charge in [-0.1, -0.05) is 17.7 Å². The number of benzene rings is 2. The van der Waals surface area contributed by atoms with Crippen LogP contribution in [-0.2, 0) is 0 Å². The molecule has 0 unspecified atom stereocenters. The zero-order valence-electron chi connectivity index (χ0n) is 9.11. The summed E-state index contributed by atoms with van der Waals surface area (Å²) in [6.45, 7) is 0. The van der Waals surface area contributed by atoms with E-state index in [0.717, 1.165) is 21.1 Å². The van der Waals surface area contributed by atoms with Crippen LogP contribution in [0.15, 0.2) is 40.9 Å². The van der Waals surface area contributed by atoms with E-state index in [4.69, 9.17) is 11.6 Å². The minimum atomic E-state index is 0.207. The fraction of sp³-hybridized carbons (Fsp3) is 0. The van der Waals surface area contributed by atoms with Gasteiger partial charge in [-0.15, -0.1) is 0 Å². The Morgan fingerprint density at radius 3 is 2.89 bits per heavy atom. The summed E-state index contributed by atoms with van der Waals surface area (Å²) in [5, 5.41) is 10.0. The summed E-state index contributed by atoms with van der Waals surface area (Å²) < 4.78 is 0.824. The third kappa shape index (κ3) is 1.87. The number of hydrogen-bond donors (Lipinski definition) is 2. The molecule has 2 N–H and O–H groups in total. The summed E-state index contributed by atoms with van der Waals surface area (Å²) >= 11 is 9.62. The average molecular weight is 324 g/mol. The molecule has 0 saturated carbocycles. The van der Waals surface area contributed by atoms with E-state index in [-0.39, 0.29) is 5.75 Å². The molecule has 1 heterocycles. The van der Waals surface area contributed by atoms with E-state index in [1.54, 1.807) is 18.2 Å². The molecule has 5 heteroatoms. The Morgan fingerprint density at radius 1 is 1.22 bits per heavy atom. The van der Waals surface area contributed by atoms with Gasteiger partial charge in [-0.25, -0.2) is 4.98 Å². The molecule has 1 aromatic heterocycles. The summed E-state index contributed by atoms with van der Waals surface area (Å²) in [4.78, 5) is 7.60. The number of phenolic OH excluding ortho intramolecular Hbond substituents is 1. The van der Waals surface area contributed by atoms with Crippen molar-refractivity contribution in [2.24, 2.45) is 0 Å². The van der Waals surface area contributed by atoms with Gasteiger partial charge in [-0.2, -0.15) is 0 Å². The maximum absolute atomic E-state index is 9.43. The lowest BCUT2D eigenvalue weighted by Crippen LogP contribution is -1.82. The van der Waals surface area contributed by atoms with Gasteiger partial charge in [-0.3, -0.25) is 0 Å². The molecular weight excluding hydrogens is 316 g/mol. The first-order chi connectivity index (χ1) is 8.65. The van der Waals surface area contributed by atoms with Crippen LogP contribution in [0.1, 0.15) is 0 Å². The minimum absolute atomic E-state index is 0.207. The van der Waals surface area contributed by atoms with Crippen LogP contribution in [0, 0.1) is 0 Å². The molecule has 0 saturated heterocycles. The number of aromatic nitrogens is 2. The van der Waals surface area contributed by atoms with Crippen LogP contribution in [0.5, 0.6) is 5.75 Å². The maximum Gasteiger partial charge on any atom is 0.140 e. The highest BCUT2D eigenvalue weighted by Gasteiger charge is 2.10. The lowest BCUT2D eigenvalue weighted by Gasteiger charge is -2.01. The number of halogens is 2. The van der Waals surface area contributed by atoms with Crippen LogP contribution in [-0.4, -0.2) is 15.1 Å². The molecule has 0 atom stereocenters. The van der Waals surface area contributed by atoms with Crippen molar-refractivity contribution in [1.29, 1.82) is 0 Å². The molecule has 0 amide bonds.